The predicted octanol–water partition coefficient (Wildman–Crippen LogP) is 13.8. The fourth-order valence-corrected chi connectivity index (χ4v) is 7.79. The van der Waals surface area contributed by atoms with E-state index in [4.69, 9.17) is 24.3 Å². The molecule has 0 fully saturated rings. The predicted molar refractivity (Wildman–Crippen MR) is 234 cm³/mol. The minimum absolute atomic E-state index is 0.0561. The van der Waals surface area contributed by atoms with E-state index in [1.807, 2.05) is 6.08 Å². The minimum atomic E-state index is -4.37. The Morgan fingerprint density at radius 3 is 1.29 bits per heavy atom. The normalized spacial score (nSPS) is 13.1. The average Bonchev–Trinajstić information content (AvgIpc) is 3.18. The number of esters is 2. The van der Waals surface area contributed by atoms with E-state index in [9.17, 15) is 19.0 Å². The lowest BCUT2D eigenvalue weighted by atomic mass is 10.0. The highest BCUT2D eigenvalue weighted by molar-refractivity contribution is 7.47. The van der Waals surface area contributed by atoms with Gasteiger partial charge in [-0.05, 0) is 25.7 Å². The van der Waals surface area contributed by atoms with E-state index in [0.29, 0.717) is 6.42 Å². The summed E-state index contributed by atoms with van der Waals surface area (Å²) >= 11 is 0. The number of hydrogen-bond donors (Lipinski definition) is 2. The van der Waals surface area contributed by atoms with E-state index in [2.05, 4.69) is 13.5 Å². The number of ether oxygens (including phenoxy) is 2. The van der Waals surface area contributed by atoms with E-state index in [1.165, 1.54) is 173 Å². The Morgan fingerprint density at radius 1 is 0.554 bits per heavy atom. The molecule has 56 heavy (non-hydrogen) atoms. The highest BCUT2D eigenvalue weighted by Gasteiger charge is 2.26. The summed E-state index contributed by atoms with van der Waals surface area (Å²) in [6, 6.07) is 0. The highest BCUT2D eigenvalue weighted by atomic mass is 31.2. The Bertz CT molecular complexity index is 920. The largest absolute Gasteiger partial charge is 0.472 e. The van der Waals surface area contributed by atoms with Crippen molar-refractivity contribution in [3.05, 3.63) is 12.7 Å². The summed E-state index contributed by atoms with van der Waals surface area (Å²) < 4.78 is 32.9. The molecule has 0 amide bonds. The van der Waals surface area contributed by atoms with Gasteiger partial charge in [0.1, 0.15) is 6.61 Å². The highest BCUT2D eigenvalue weighted by Crippen LogP contribution is 2.43. The summed E-state index contributed by atoms with van der Waals surface area (Å²) in [5.74, 6) is -0.817. The first-order chi connectivity index (χ1) is 27.3. The minimum Gasteiger partial charge on any atom is -0.462 e. The zero-order chi connectivity index (χ0) is 41.1. The van der Waals surface area contributed by atoms with E-state index in [1.54, 1.807) is 0 Å². The third kappa shape index (κ3) is 42.4. The van der Waals surface area contributed by atoms with Crippen molar-refractivity contribution in [2.75, 3.05) is 26.4 Å². The van der Waals surface area contributed by atoms with Crippen LogP contribution in [0.2, 0.25) is 0 Å². The van der Waals surface area contributed by atoms with Crippen molar-refractivity contribution < 1.29 is 37.6 Å². The topological polar surface area (TPSA) is 134 Å². The number of allylic oxidation sites excluding steroid dienone is 1. The molecule has 10 heteroatoms. The zero-order valence-electron chi connectivity index (χ0n) is 36.5. The van der Waals surface area contributed by atoms with Gasteiger partial charge in [-0.1, -0.05) is 206 Å². The second-order valence-corrected chi connectivity index (χ2v) is 17.5. The van der Waals surface area contributed by atoms with Gasteiger partial charge in [0.15, 0.2) is 6.10 Å². The standard InChI is InChI=1S/C46H90NO8P/c1-3-5-7-9-11-13-15-17-19-20-21-22-23-25-27-29-31-33-35-37-39-46(49)55-44(43-54-56(50,51)53-41-40-47)42-52-45(48)38-36-34-32-30-28-26-24-18-16-14-12-10-8-6-4-2/h4,44H,2-3,5-43,47H2,1H3,(H,50,51)/t44-/m1/s1. The lowest BCUT2D eigenvalue weighted by molar-refractivity contribution is -0.161. The maximum atomic E-state index is 12.6. The summed E-state index contributed by atoms with van der Waals surface area (Å²) in [7, 11) is -4.37. The number of nitrogens with two attached hydrogens (primary N) is 1. The van der Waals surface area contributed by atoms with Crippen molar-refractivity contribution in [1.29, 1.82) is 0 Å². The molecule has 1 unspecified atom stereocenters. The van der Waals surface area contributed by atoms with Gasteiger partial charge in [0.2, 0.25) is 0 Å². The van der Waals surface area contributed by atoms with Crippen LogP contribution >= 0.6 is 7.82 Å². The molecular formula is C46H90NO8P. The van der Waals surface area contributed by atoms with Gasteiger partial charge in [-0.2, -0.15) is 0 Å². The molecule has 0 aliphatic heterocycles. The summed E-state index contributed by atoms with van der Waals surface area (Å²) in [6.45, 7) is 5.30. The van der Waals surface area contributed by atoms with Crippen LogP contribution in [-0.2, 0) is 32.7 Å². The zero-order valence-corrected chi connectivity index (χ0v) is 37.4. The van der Waals surface area contributed by atoms with E-state index in [-0.39, 0.29) is 38.6 Å². The van der Waals surface area contributed by atoms with Crippen LogP contribution < -0.4 is 5.73 Å². The summed E-state index contributed by atoms with van der Waals surface area (Å²) in [5.41, 5.74) is 5.36. The van der Waals surface area contributed by atoms with Gasteiger partial charge in [-0.3, -0.25) is 18.6 Å². The second kappa shape index (κ2) is 43.3. The van der Waals surface area contributed by atoms with Gasteiger partial charge < -0.3 is 20.1 Å². The molecule has 332 valence electrons. The number of hydrogen-bond acceptors (Lipinski definition) is 8. The first kappa shape index (κ1) is 54.8. The van der Waals surface area contributed by atoms with Crippen LogP contribution in [0.4, 0.5) is 0 Å². The van der Waals surface area contributed by atoms with E-state index < -0.39 is 26.5 Å². The van der Waals surface area contributed by atoms with Crippen LogP contribution in [0.15, 0.2) is 12.7 Å². The summed E-state index contributed by atoms with van der Waals surface area (Å²) in [6.07, 6.45) is 44.2. The molecule has 0 aliphatic rings. The SMILES string of the molecule is C=CCCCCCCCCCCCCCCCC(=O)OC[C@H](COP(=O)(O)OCCN)OC(=O)CCCCCCCCCCCCCCCCCCCCCC. The molecule has 0 saturated heterocycles. The number of carbonyl (C=O) groups is 2. The molecule has 0 aromatic carbocycles. The van der Waals surface area contributed by atoms with Gasteiger partial charge in [0.25, 0.3) is 0 Å². The van der Waals surface area contributed by atoms with Crippen molar-refractivity contribution >= 4 is 19.8 Å². The van der Waals surface area contributed by atoms with Crippen LogP contribution in [0.25, 0.3) is 0 Å². The summed E-state index contributed by atoms with van der Waals surface area (Å²) in [4.78, 5) is 34.9. The lowest BCUT2D eigenvalue weighted by Gasteiger charge is -2.19. The number of phosphoric acid groups is 1. The quantitative estimate of drug-likeness (QED) is 0.0266. The Balaban J connectivity index is 4.03. The van der Waals surface area contributed by atoms with Gasteiger partial charge in [-0.15, -0.1) is 6.58 Å². The molecule has 0 rings (SSSR count). The fraction of sp³-hybridized carbons (Fsp3) is 0.913. The van der Waals surface area contributed by atoms with Gasteiger partial charge >= 0.3 is 19.8 Å². The molecule has 2 atom stereocenters. The summed E-state index contributed by atoms with van der Waals surface area (Å²) in [5, 5.41) is 0. The van der Waals surface area contributed by atoms with E-state index >= 15 is 0 Å². The smallest absolute Gasteiger partial charge is 0.462 e. The number of phosphoric ester groups is 1. The molecular weight excluding hydrogens is 725 g/mol. The third-order valence-corrected chi connectivity index (χ3v) is 11.5. The van der Waals surface area contributed by atoms with Crippen LogP contribution in [0.3, 0.4) is 0 Å². The van der Waals surface area contributed by atoms with Gasteiger partial charge in [-0.25, -0.2) is 4.57 Å². The van der Waals surface area contributed by atoms with Crippen LogP contribution in [0.5, 0.6) is 0 Å². The molecule has 3 N–H and O–H groups in total. The molecule has 0 aromatic heterocycles. The van der Waals surface area contributed by atoms with Crippen molar-refractivity contribution in [2.24, 2.45) is 5.73 Å². The van der Waals surface area contributed by atoms with Crippen molar-refractivity contribution in [3.63, 3.8) is 0 Å². The van der Waals surface area contributed by atoms with Crippen molar-refractivity contribution in [2.45, 2.75) is 244 Å². The lowest BCUT2D eigenvalue weighted by Crippen LogP contribution is -2.29. The van der Waals surface area contributed by atoms with Crippen LogP contribution in [0.1, 0.15) is 238 Å². The Hall–Kier alpha value is -1.25. The maximum Gasteiger partial charge on any atom is 0.472 e. The van der Waals surface area contributed by atoms with Gasteiger partial charge in [0.05, 0.1) is 13.2 Å². The maximum absolute atomic E-state index is 12.6. The molecule has 0 aromatic rings. The third-order valence-electron chi connectivity index (χ3n) is 10.5. The second-order valence-electron chi connectivity index (χ2n) is 16.1. The number of unbranched alkanes of at least 4 members (excludes halogenated alkanes) is 32. The average molecular weight is 816 g/mol. The van der Waals surface area contributed by atoms with Crippen LogP contribution in [-0.4, -0.2) is 49.3 Å². The van der Waals surface area contributed by atoms with Gasteiger partial charge in [0, 0.05) is 19.4 Å². The van der Waals surface area contributed by atoms with Crippen molar-refractivity contribution in [1.82, 2.24) is 0 Å². The monoisotopic (exact) mass is 816 g/mol. The van der Waals surface area contributed by atoms with Crippen LogP contribution in [0, 0.1) is 0 Å². The molecule has 0 aliphatic carbocycles. The first-order valence-corrected chi connectivity index (χ1v) is 25.1. The number of rotatable bonds is 46. The Labute approximate surface area is 345 Å². The van der Waals surface area contributed by atoms with E-state index in [0.717, 1.165) is 38.5 Å². The Morgan fingerprint density at radius 2 is 0.911 bits per heavy atom. The Kier molecular flexibility index (Phi) is 42.4. The molecule has 0 heterocycles. The molecule has 0 saturated carbocycles. The fourth-order valence-electron chi connectivity index (χ4n) is 7.03. The molecule has 0 spiro atoms. The molecule has 0 radical (unpaired) electrons. The first-order valence-electron chi connectivity index (χ1n) is 23.6. The molecule has 0 bridgehead atoms. The number of carbonyl (C=O) groups excluding carboxylic acids is 2. The van der Waals surface area contributed by atoms with Crippen molar-refractivity contribution in [3.8, 4) is 0 Å². The molecule has 9 nitrogen and oxygen atoms in total.